The first kappa shape index (κ1) is 16.3. The van der Waals surface area contributed by atoms with Crippen LogP contribution in [0.3, 0.4) is 0 Å². The van der Waals surface area contributed by atoms with Crippen molar-refractivity contribution in [3.63, 3.8) is 0 Å². The standard InChI is InChI=1S/C15H21Br2NO2/c1-11-4-2-3-7-18(11)9-13(19)10-20-15-6-5-12(16)8-14(15)17/h5-6,8,11,13,19H,2-4,7,9-10H2,1H3/t11-,13-/m0/s1. The van der Waals surface area contributed by atoms with Crippen molar-refractivity contribution < 1.29 is 9.84 Å². The zero-order valence-corrected chi connectivity index (χ0v) is 14.9. The average molecular weight is 407 g/mol. The molecule has 1 aromatic rings. The number of likely N-dealkylation sites (tertiary alicyclic amines) is 1. The number of benzene rings is 1. The van der Waals surface area contributed by atoms with Crippen molar-refractivity contribution in [3.05, 3.63) is 27.1 Å². The second-order valence-corrected chi connectivity index (χ2v) is 7.15. The topological polar surface area (TPSA) is 32.7 Å². The lowest BCUT2D eigenvalue weighted by Gasteiger charge is -2.34. The van der Waals surface area contributed by atoms with E-state index in [2.05, 4.69) is 43.7 Å². The molecule has 2 rings (SSSR count). The number of aliphatic hydroxyl groups is 1. The van der Waals surface area contributed by atoms with Crippen molar-refractivity contribution in [1.82, 2.24) is 4.90 Å². The van der Waals surface area contributed by atoms with Crippen molar-refractivity contribution in [2.75, 3.05) is 19.7 Å². The fraction of sp³-hybridized carbons (Fsp3) is 0.600. The van der Waals surface area contributed by atoms with E-state index in [1.54, 1.807) is 0 Å². The van der Waals surface area contributed by atoms with Crippen molar-refractivity contribution in [3.8, 4) is 5.75 Å². The Morgan fingerprint density at radius 3 is 2.90 bits per heavy atom. The molecule has 0 saturated carbocycles. The van der Waals surface area contributed by atoms with E-state index in [9.17, 15) is 5.11 Å². The second kappa shape index (κ2) is 7.78. The monoisotopic (exact) mass is 405 g/mol. The largest absolute Gasteiger partial charge is 0.490 e. The van der Waals surface area contributed by atoms with Crippen molar-refractivity contribution in [2.45, 2.75) is 38.3 Å². The fourth-order valence-electron chi connectivity index (χ4n) is 2.53. The van der Waals surface area contributed by atoms with Gasteiger partial charge in [-0.25, -0.2) is 0 Å². The molecule has 2 atom stereocenters. The van der Waals surface area contributed by atoms with Gasteiger partial charge in [-0.3, -0.25) is 4.90 Å². The Hall–Kier alpha value is -0.100. The maximum atomic E-state index is 10.1. The molecule has 1 N–H and O–H groups in total. The number of piperidine rings is 1. The maximum Gasteiger partial charge on any atom is 0.133 e. The summed E-state index contributed by atoms with van der Waals surface area (Å²) in [6.45, 7) is 4.33. The number of ether oxygens (including phenoxy) is 1. The van der Waals surface area contributed by atoms with E-state index in [-0.39, 0.29) is 0 Å². The minimum Gasteiger partial charge on any atom is -0.490 e. The minimum absolute atomic E-state index is 0.323. The van der Waals surface area contributed by atoms with Crippen LogP contribution >= 0.6 is 31.9 Å². The van der Waals surface area contributed by atoms with Crippen LogP contribution in [-0.2, 0) is 0 Å². The van der Waals surface area contributed by atoms with Gasteiger partial charge in [0, 0.05) is 17.1 Å². The summed E-state index contributed by atoms with van der Waals surface area (Å²) in [5, 5.41) is 10.1. The highest BCUT2D eigenvalue weighted by Gasteiger charge is 2.21. The molecular formula is C15H21Br2NO2. The van der Waals surface area contributed by atoms with E-state index in [1.165, 1.54) is 19.3 Å². The van der Waals surface area contributed by atoms with Crippen molar-refractivity contribution >= 4 is 31.9 Å². The molecular weight excluding hydrogens is 386 g/mol. The Bertz CT molecular complexity index is 442. The molecule has 112 valence electrons. The summed E-state index contributed by atoms with van der Waals surface area (Å²) in [5.41, 5.74) is 0. The minimum atomic E-state index is -0.453. The predicted molar refractivity (Wildman–Crippen MR) is 88.2 cm³/mol. The number of nitrogens with zero attached hydrogens (tertiary/aromatic N) is 1. The summed E-state index contributed by atoms with van der Waals surface area (Å²) in [6, 6.07) is 6.33. The quantitative estimate of drug-likeness (QED) is 0.806. The van der Waals surface area contributed by atoms with E-state index < -0.39 is 6.10 Å². The Morgan fingerprint density at radius 1 is 1.40 bits per heavy atom. The average Bonchev–Trinajstić information content (AvgIpc) is 2.40. The number of β-amino-alcohol motifs (C(OH)–C–C–N with tert-alkyl or cyclic N) is 1. The van der Waals surface area contributed by atoms with Crippen LogP contribution in [0.25, 0.3) is 0 Å². The van der Waals surface area contributed by atoms with E-state index >= 15 is 0 Å². The lowest BCUT2D eigenvalue weighted by molar-refractivity contribution is 0.0436. The van der Waals surface area contributed by atoms with Gasteiger partial charge < -0.3 is 9.84 Å². The highest BCUT2D eigenvalue weighted by atomic mass is 79.9. The predicted octanol–water partition coefficient (Wildman–Crippen LogP) is 3.83. The van der Waals surface area contributed by atoms with E-state index in [4.69, 9.17) is 4.74 Å². The van der Waals surface area contributed by atoms with Gasteiger partial charge in [-0.05, 0) is 60.4 Å². The molecule has 0 spiro atoms. The van der Waals surface area contributed by atoms with Gasteiger partial charge in [-0.2, -0.15) is 0 Å². The van der Waals surface area contributed by atoms with Crippen LogP contribution in [0.1, 0.15) is 26.2 Å². The van der Waals surface area contributed by atoms with Gasteiger partial charge in [0.25, 0.3) is 0 Å². The Morgan fingerprint density at radius 2 is 2.20 bits per heavy atom. The van der Waals surface area contributed by atoms with Crippen LogP contribution in [0.4, 0.5) is 0 Å². The molecule has 0 aromatic heterocycles. The molecule has 1 heterocycles. The summed E-state index contributed by atoms with van der Waals surface area (Å²) in [6.07, 6.45) is 3.31. The smallest absolute Gasteiger partial charge is 0.133 e. The fourth-order valence-corrected chi connectivity index (χ4v) is 3.69. The molecule has 1 saturated heterocycles. The number of hydrogen-bond acceptors (Lipinski definition) is 3. The highest BCUT2D eigenvalue weighted by Crippen LogP contribution is 2.28. The third kappa shape index (κ3) is 4.72. The lowest BCUT2D eigenvalue weighted by Crippen LogP contribution is -2.43. The zero-order valence-electron chi connectivity index (χ0n) is 11.7. The summed E-state index contributed by atoms with van der Waals surface area (Å²) in [4.78, 5) is 2.36. The Labute approximate surface area is 137 Å². The van der Waals surface area contributed by atoms with Crippen LogP contribution in [0.5, 0.6) is 5.75 Å². The summed E-state index contributed by atoms with van der Waals surface area (Å²) >= 11 is 6.87. The molecule has 0 radical (unpaired) electrons. The first-order valence-electron chi connectivity index (χ1n) is 7.06. The molecule has 0 unspecified atom stereocenters. The first-order chi connectivity index (χ1) is 9.56. The first-order valence-corrected chi connectivity index (χ1v) is 8.65. The highest BCUT2D eigenvalue weighted by molar-refractivity contribution is 9.11. The molecule has 0 aliphatic carbocycles. The third-order valence-corrected chi connectivity index (χ3v) is 4.82. The van der Waals surface area contributed by atoms with Crippen LogP contribution in [0.15, 0.2) is 27.1 Å². The second-order valence-electron chi connectivity index (χ2n) is 5.38. The van der Waals surface area contributed by atoms with Gasteiger partial charge in [0.2, 0.25) is 0 Å². The number of rotatable bonds is 5. The normalized spacial score (nSPS) is 21.7. The van der Waals surface area contributed by atoms with Crippen LogP contribution in [-0.4, -0.2) is 41.8 Å². The Balaban J connectivity index is 1.81. The van der Waals surface area contributed by atoms with E-state index in [0.717, 1.165) is 21.2 Å². The van der Waals surface area contributed by atoms with Crippen molar-refractivity contribution in [1.29, 1.82) is 0 Å². The van der Waals surface area contributed by atoms with Gasteiger partial charge in [0.05, 0.1) is 4.47 Å². The summed E-state index contributed by atoms with van der Waals surface area (Å²) in [7, 11) is 0. The molecule has 1 aliphatic heterocycles. The van der Waals surface area contributed by atoms with Gasteiger partial charge in [0.1, 0.15) is 18.5 Å². The van der Waals surface area contributed by atoms with E-state index in [0.29, 0.717) is 19.2 Å². The van der Waals surface area contributed by atoms with Gasteiger partial charge in [-0.15, -0.1) is 0 Å². The van der Waals surface area contributed by atoms with Crippen LogP contribution < -0.4 is 4.74 Å². The van der Waals surface area contributed by atoms with E-state index in [1.807, 2.05) is 18.2 Å². The molecule has 0 bridgehead atoms. The SMILES string of the molecule is C[C@H]1CCCCN1C[C@H](O)COc1ccc(Br)cc1Br. The van der Waals surface area contributed by atoms with Gasteiger partial charge in [-0.1, -0.05) is 22.4 Å². The van der Waals surface area contributed by atoms with Crippen LogP contribution in [0, 0.1) is 0 Å². The third-order valence-electron chi connectivity index (χ3n) is 3.71. The molecule has 5 heteroatoms. The van der Waals surface area contributed by atoms with Gasteiger partial charge in [0.15, 0.2) is 0 Å². The van der Waals surface area contributed by atoms with Crippen LogP contribution in [0.2, 0.25) is 0 Å². The number of halogens is 2. The molecule has 3 nitrogen and oxygen atoms in total. The van der Waals surface area contributed by atoms with Gasteiger partial charge >= 0.3 is 0 Å². The lowest BCUT2D eigenvalue weighted by atomic mass is 10.0. The molecule has 1 fully saturated rings. The molecule has 1 aromatic carbocycles. The number of hydrogen-bond donors (Lipinski definition) is 1. The summed E-state index contributed by atoms with van der Waals surface area (Å²) < 4.78 is 7.58. The Kier molecular flexibility index (Phi) is 6.33. The zero-order chi connectivity index (χ0) is 14.5. The maximum absolute atomic E-state index is 10.1. The summed E-state index contributed by atoms with van der Waals surface area (Å²) in [5.74, 6) is 0.763. The number of aliphatic hydroxyl groups excluding tert-OH is 1. The van der Waals surface area contributed by atoms with Crippen molar-refractivity contribution in [2.24, 2.45) is 0 Å². The molecule has 20 heavy (non-hydrogen) atoms. The molecule has 1 aliphatic rings. The molecule has 0 amide bonds.